The molecule has 32 heavy (non-hydrogen) atoms. The van der Waals surface area contributed by atoms with Crippen LogP contribution in [-0.4, -0.2) is 71.3 Å². The molecule has 1 aromatic heterocycles. The van der Waals surface area contributed by atoms with Gasteiger partial charge in [0.2, 0.25) is 0 Å². The van der Waals surface area contributed by atoms with Gasteiger partial charge in [0, 0.05) is 44.4 Å². The number of hydrogen-bond donors (Lipinski definition) is 2. The van der Waals surface area contributed by atoms with Crippen molar-refractivity contribution in [1.29, 1.82) is 0 Å². The number of aliphatic hydroxyl groups is 1. The molecule has 1 aliphatic heterocycles. The Hall–Kier alpha value is -3.10. The lowest BCUT2D eigenvalue weighted by atomic mass is 10.0. The van der Waals surface area contributed by atoms with Gasteiger partial charge in [0.05, 0.1) is 37.8 Å². The van der Waals surface area contributed by atoms with Crippen LogP contribution in [0.3, 0.4) is 0 Å². The van der Waals surface area contributed by atoms with Crippen molar-refractivity contribution in [3.8, 4) is 22.8 Å². The largest absolute Gasteiger partial charge is 0.508 e. The molecule has 0 aliphatic carbocycles. The molecule has 8 heteroatoms. The van der Waals surface area contributed by atoms with E-state index in [-0.39, 0.29) is 18.2 Å². The molecule has 1 saturated heterocycles. The molecule has 3 aromatic rings. The van der Waals surface area contributed by atoms with E-state index in [2.05, 4.69) is 14.9 Å². The summed E-state index contributed by atoms with van der Waals surface area (Å²) >= 11 is 0. The number of ether oxygens (including phenoxy) is 1. The molecule has 2 N–H and O–H groups in total. The summed E-state index contributed by atoms with van der Waals surface area (Å²) in [4.78, 5) is 4.65. The molecule has 0 bridgehead atoms. The van der Waals surface area contributed by atoms with E-state index < -0.39 is 0 Å². The van der Waals surface area contributed by atoms with Gasteiger partial charge in [-0.15, -0.1) is 0 Å². The number of methoxy groups -OCH3 is 1. The lowest BCUT2D eigenvalue weighted by Crippen LogP contribution is -2.47. The zero-order valence-corrected chi connectivity index (χ0v) is 18.2. The van der Waals surface area contributed by atoms with Crippen molar-refractivity contribution < 1.29 is 19.3 Å². The maximum atomic E-state index is 13.5. The summed E-state index contributed by atoms with van der Waals surface area (Å²) in [6.07, 6.45) is 2.71. The van der Waals surface area contributed by atoms with Crippen LogP contribution in [0.2, 0.25) is 0 Å². The van der Waals surface area contributed by atoms with Crippen molar-refractivity contribution in [3.63, 3.8) is 0 Å². The Bertz CT molecular complexity index is 1030. The SMILES string of the molecule is COc1cc(F)ccc1N1CCN(CCc2cnn(CCO)c2-c2ccc(O)cc2)CC1. The number of halogens is 1. The second kappa shape index (κ2) is 10.0. The van der Waals surface area contributed by atoms with Crippen molar-refractivity contribution >= 4 is 5.69 Å². The zero-order chi connectivity index (χ0) is 22.5. The third-order valence-corrected chi connectivity index (χ3v) is 5.92. The highest BCUT2D eigenvalue weighted by Crippen LogP contribution is 2.30. The molecule has 2 aromatic carbocycles. The van der Waals surface area contributed by atoms with Crippen molar-refractivity contribution in [3.05, 3.63) is 60.0 Å². The van der Waals surface area contributed by atoms with E-state index in [9.17, 15) is 14.6 Å². The standard InChI is InChI=1S/C24H29FN4O3/c1-32-23-16-20(25)4-7-22(23)28-12-10-27(11-13-28)9-8-19-17-26-29(14-15-30)24(19)18-2-5-21(31)6-3-18/h2-7,16-17,30-31H,8-15H2,1H3. The number of anilines is 1. The van der Waals surface area contributed by atoms with E-state index in [0.717, 1.165) is 61.7 Å². The lowest BCUT2D eigenvalue weighted by Gasteiger charge is -2.36. The number of phenols is 1. The number of piperazine rings is 1. The molecule has 1 aliphatic rings. The second-order valence-corrected chi connectivity index (χ2v) is 7.91. The van der Waals surface area contributed by atoms with Crippen LogP contribution in [0.25, 0.3) is 11.3 Å². The Kier molecular flexibility index (Phi) is 6.92. The van der Waals surface area contributed by atoms with Crippen LogP contribution in [0.4, 0.5) is 10.1 Å². The van der Waals surface area contributed by atoms with E-state index in [1.807, 2.05) is 23.0 Å². The Morgan fingerprint density at radius 3 is 2.47 bits per heavy atom. The summed E-state index contributed by atoms with van der Waals surface area (Å²) in [6, 6.07) is 11.8. The predicted octanol–water partition coefficient (Wildman–Crippen LogP) is 2.76. The molecule has 0 spiro atoms. The molecule has 1 fully saturated rings. The Morgan fingerprint density at radius 2 is 1.78 bits per heavy atom. The number of phenolic OH excluding ortho intramolecular Hbond substituents is 1. The minimum atomic E-state index is -0.296. The minimum absolute atomic E-state index is 0.0149. The van der Waals surface area contributed by atoms with Crippen molar-refractivity contribution in [1.82, 2.24) is 14.7 Å². The third kappa shape index (κ3) is 4.87. The van der Waals surface area contributed by atoms with E-state index >= 15 is 0 Å². The first-order valence-corrected chi connectivity index (χ1v) is 10.8. The number of aromatic hydroxyl groups is 1. The summed E-state index contributed by atoms with van der Waals surface area (Å²) in [5.74, 6) is 0.489. The monoisotopic (exact) mass is 440 g/mol. The highest BCUT2D eigenvalue weighted by Gasteiger charge is 2.21. The van der Waals surface area contributed by atoms with Crippen LogP contribution in [-0.2, 0) is 13.0 Å². The van der Waals surface area contributed by atoms with E-state index in [4.69, 9.17) is 4.74 Å². The van der Waals surface area contributed by atoms with Gasteiger partial charge < -0.3 is 19.8 Å². The first-order chi connectivity index (χ1) is 15.6. The summed E-state index contributed by atoms with van der Waals surface area (Å²) in [6.45, 7) is 4.83. The van der Waals surface area contributed by atoms with Gasteiger partial charge in [0.15, 0.2) is 0 Å². The summed E-state index contributed by atoms with van der Waals surface area (Å²) < 4.78 is 20.7. The molecular weight excluding hydrogens is 411 g/mol. The van der Waals surface area contributed by atoms with Crippen molar-refractivity contribution in [2.45, 2.75) is 13.0 Å². The number of hydrogen-bond acceptors (Lipinski definition) is 6. The van der Waals surface area contributed by atoms with Gasteiger partial charge in [-0.3, -0.25) is 9.58 Å². The molecule has 0 unspecified atom stereocenters. The fourth-order valence-electron chi connectivity index (χ4n) is 4.23. The summed E-state index contributed by atoms with van der Waals surface area (Å²) in [5.41, 5.74) is 3.99. The van der Waals surface area contributed by atoms with E-state index in [1.54, 1.807) is 25.3 Å². The minimum Gasteiger partial charge on any atom is -0.508 e. The Balaban J connectivity index is 1.40. The first-order valence-electron chi connectivity index (χ1n) is 10.8. The van der Waals surface area contributed by atoms with Gasteiger partial charge in [-0.1, -0.05) is 0 Å². The highest BCUT2D eigenvalue weighted by molar-refractivity contribution is 5.64. The number of rotatable bonds is 8. The maximum Gasteiger partial charge on any atom is 0.145 e. The smallest absolute Gasteiger partial charge is 0.145 e. The van der Waals surface area contributed by atoms with Gasteiger partial charge in [0.25, 0.3) is 0 Å². The topological polar surface area (TPSA) is 74.0 Å². The van der Waals surface area contributed by atoms with E-state index in [1.165, 1.54) is 12.1 Å². The lowest BCUT2D eigenvalue weighted by molar-refractivity contribution is 0.260. The molecule has 0 amide bonds. The van der Waals surface area contributed by atoms with E-state index in [0.29, 0.717) is 12.3 Å². The van der Waals surface area contributed by atoms with Crippen LogP contribution >= 0.6 is 0 Å². The number of benzene rings is 2. The molecule has 4 rings (SSSR count). The molecule has 0 saturated carbocycles. The number of nitrogens with zero attached hydrogens (tertiary/aromatic N) is 4. The van der Waals surface area contributed by atoms with Gasteiger partial charge in [-0.2, -0.15) is 5.10 Å². The van der Waals surface area contributed by atoms with Crippen LogP contribution in [0.1, 0.15) is 5.56 Å². The molecule has 0 radical (unpaired) electrons. The molecule has 170 valence electrons. The Labute approximate surface area is 187 Å². The third-order valence-electron chi connectivity index (χ3n) is 5.92. The fourth-order valence-corrected chi connectivity index (χ4v) is 4.23. The predicted molar refractivity (Wildman–Crippen MR) is 122 cm³/mol. The normalized spacial score (nSPS) is 14.7. The van der Waals surface area contributed by atoms with Gasteiger partial charge in [-0.25, -0.2) is 4.39 Å². The van der Waals surface area contributed by atoms with Crippen LogP contribution in [0.15, 0.2) is 48.7 Å². The van der Waals surface area contributed by atoms with Gasteiger partial charge in [0.1, 0.15) is 17.3 Å². The molecule has 0 atom stereocenters. The van der Waals surface area contributed by atoms with Crippen LogP contribution < -0.4 is 9.64 Å². The second-order valence-electron chi connectivity index (χ2n) is 7.91. The fraction of sp³-hybridized carbons (Fsp3) is 0.375. The van der Waals surface area contributed by atoms with Gasteiger partial charge >= 0.3 is 0 Å². The highest BCUT2D eigenvalue weighted by atomic mass is 19.1. The van der Waals surface area contributed by atoms with Crippen LogP contribution in [0.5, 0.6) is 11.5 Å². The zero-order valence-electron chi connectivity index (χ0n) is 18.2. The molecule has 7 nitrogen and oxygen atoms in total. The average Bonchev–Trinajstić information content (AvgIpc) is 3.21. The summed E-state index contributed by atoms with van der Waals surface area (Å²) in [7, 11) is 1.57. The summed E-state index contributed by atoms with van der Waals surface area (Å²) in [5, 5.41) is 23.5. The number of aromatic nitrogens is 2. The van der Waals surface area contributed by atoms with Gasteiger partial charge in [-0.05, 0) is 48.4 Å². The molecular formula is C24H29FN4O3. The number of aliphatic hydroxyl groups excluding tert-OH is 1. The van der Waals surface area contributed by atoms with Crippen molar-refractivity contribution in [2.75, 3.05) is 51.3 Å². The Morgan fingerprint density at radius 1 is 1.03 bits per heavy atom. The first kappa shape index (κ1) is 22.1. The maximum absolute atomic E-state index is 13.5. The van der Waals surface area contributed by atoms with Crippen molar-refractivity contribution in [2.24, 2.45) is 0 Å². The molecule has 2 heterocycles. The van der Waals surface area contributed by atoms with Crippen LogP contribution in [0, 0.1) is 5.82 Å². The average molecular weight is 441 g/mol. The quantitative estimate of drug-likeness (QED) is 0.561.